The van der Waals surface area contributed by atoms with E-state index in [0.29, 0.717) is 12.0 Å². The minimum Gasteiger partial charge on any atom is -0.497 e. The molecule has 1 aliphatic rings. The number of benzene rings is 1. The molecular formula is C17H27NO2. The maximum atomic E-state index is 5.39. The van der Waals surface area contributed by atoms with Crippen molar-refractivity contribution < 1.29 is 9.47 Å². The van der Waals surface area contributed by atoms with Gasteiger partial charge < -0.3 is 14.8 Å². The maximum absolute atomic E-state index is 5.39. The minimum atomic E-state index is 0.385. The van der Waals surface area contributed by atoms with Gasteiger partial charge in [0.25, 0.3) is 0 Å². The lowest BCUT2D eigenvalue weighted by Gasteiger charge is -2.24. The molecule has 3 atom stereocenters. The molecular weight excluding hydrogens is 250 g/mol. The van der Waals surface area contributed by atoms with Crippen molar-refractivity contribution in [3.05, 3.63) is 23.8 Å². The van der Waals surface area contributed by atoms with Crippen molar-refractivity contribution in [1.82, 2.24) is 5.32 Å². The zero-order valence-electron chi connectivity index (χ0n) is 13.1. The summed E-state index contributed by atoms with van der Waals surface area (Å²) in [5.74, 6) is 3.33. The van der Waals surface area contributed by atoms with Crippen molar-refractivity contribution in [3.8, 4) is 11.5 Å². The molecule has 0 radical (unpaired) electrons. The Morgan fingerprint density at radius 3 is 2.25 bits per heavy atom. The standard InChI is InChI=1S/C17H27NO2/c1-5-12-6-7-13(8-12)17(18-2)14-9-15(19-3)11-16(10-14)20-4/h9-13,17-18H,5-8H2,1-4H3. The van der Waals surface area contributed by atoms with E-state index < -0.39 is 0 Å². The molecule has 1 fully saturated rings. The van der Waals surface area contributed by atoms with Crippen molar-refractivity contribution >= 4 is 0 Å². The summed E-state index contributed by atoms with van der Waals surface area (Å²) in [6.45, 7) is 2.30. The van der Waals surface area contributed by atoms with Crippen LogP contribution in [0.2, 0.25) is 0 Å². The molecule has 0 spiro atoms. The average molecular weight is 277 g/mol. The summed E-state index contributed by atoms with van der Waals surface area (Å²) in [5, 5.41) is 3.50. The van der Waals surface area contributed by atoms with Crippen LogP contribution in [0.3, 0.4) is 0 Å². The molecule has 3 unspecified atom stereocenters. The zero-order valence-corrected chi connectivity index (χ0v) is 13.1. The van der Waals surface area contributed by atoms with E-state index in [4.69, 9.17) is 9.47 Å². The molecule has 2 rings (SSSR count). The molecule has 1 aliphatic carbocycles. The topological polar surface area (TPSA) is 30.5 Å². The minimum absolute atomic E-state index is 0.385. The molecule has 112 valence electrons. The fourth-order valence-electron chi connectivity index (χ4n) is 3.47. The van der Waals surface area contributed by atoms with Gasteiger partial charge in [0.2, 0.25) is 0 Å². The normalized spacial score (nSPS) is 23.6. The van der Waals surface area contributed by atoms with Crippen LogP contribution in [-0.2, 0) is 0 Å². The van der Waals surface area contributed by atoms with Crippen LogP contribution in [0, 0.1) is 11.8 Å². The van der Waals surface area contributed by atoms with E-state index in [0.717, 1.165) is 17.4 Å². The molecule has 0 saturated heterocycles. The summed E-state index contributed by atoms with van der Waals surface area (Å²) >= 11 is 0. The number of methoxy groups -OCH3 is 2. The third-order valence-corrected chi connectivity index (χ3v) is 4.67. The van der Waals surface area contributed by atoms with Crippen molar-refractivity contribution in [2.75, 3.05) is 21.3 Å². The number of ether oxygens (including phenoxy) is 2. The first-order valence-electron chi connectivity index (χ1n) is 7.62. The summed E-state index contributed by atoms with van der Waals surface area (Å²) in [7, 11) is 5.46. The van der Waals surface area contributed by atoms with Crippen LogP contribution in [0.4, 0.5) is 0 Å². The van der Waals surface area contributed by atoms with Crippen LogP contribution in [0.5, 0.6) is 11.5 Å². The van der Waals surface area contributed by atoms with Gasteiger partial charge in [-0.2, -0.15) is 0 Å². The Kier molecular flexibility index (Phi) is 5.30. The summed E-state index contributed by atoms with van der Waals surface area (Å²) < 4.78 is 10.8. The molecule has 3 nitrogen and oxygen atoms in total. The van der Waals surface area contributed by atoms with Crippen molar-refractivity contribution in [1.29, 1.82) is 0 Å². The summed E-state index contributed by atoms with van der Waals surface area (Å²) in [6.07, 6.45) is 5.29. The Hall–Kier alpha value is -1.22. The fourth-order valence-corrected chi connectivity index (χ4v) is 3.47. The maximum Gasteiger partial charge on any atom is 0.122 e. The average Bonchev–Trinajstić information content (AvgIpc) is 2.96. The summed E-state index contributed by atoms with van der Waals surface area (Å²) in [5.41, 5.74) is 1.27. The van der Waals surface area contributed by atoms with Crippen LogP contribution < -0.4 is 14.8 Å². The van der Waals surface area contributed by atoms with Crippen LogP contribution in [-0.4, -0.2) is 21.3 Å². The molecule has 0 bridgehead atoms. The molecule has 0 heterocycles. The van der Waals surface area contributed by atoms with Gasteiger partial charge in [-0.1, -0.05) is 19.8 Å². The summed E-state index contributed by atoms with van der Waals surface area (Å²) in [6, 6.07) is 6.57. The van der Waals surface area contributed by atoms with E-state index in [9.17, 15) is 0 Å². The Morgan fingerprint density at radius 2 is 1.80 bits per heavy atom. The molecule has 1 aromatic rings. The van der Waals surface area contributed by atoms with Gasteiger partial charge in [-0.25, -0.2) is 0 Å². The van der Waals surface area contributed by atoms with Gasteiger partial charge in [-0.15, -0.1) is 0 Å². The molecule has 1 aromatic carbocycles. The molecule has 1 saturated carbocycles. The largest absolute Gasteiger partial charge is 0.497 e. The van der Waals surface area contributed by atoms with Gasteiger partial charge in [0.05, 0.1) is 14.2 Å². The van der Waals surface area contributed by atoms with Gasteiger partial charge >= 0.3 is 0 Å². The van der Waals surface area contributed by atoms with Crippen LogP contribution in [0.15, 0.2) is 18.2 Å². The number of nitrogens with one attached hydrogen (secondary N) is 1. The lowest BCUT2D eigenvalue weighted by Crippen LogP contribution is -2.24. The molecule has 0 aliphatic heterocycles. The second kappa shape index (κ2) is 6.98. The quantitative estimate of drug-likeness (QED) is 0.858. The van der Waals surface area contributed by atoms with E-state index in [1.165, 1.54) is 31.2 Å². The fraction of sp³-hybridized carbons (Fsp3) is 0.647. The Balaban J connectivity index is 2.22. The highest BCUT2D eigenvalue weighted by atomic mass is 16.5. The van der Waals surface area contributed by atoms with Crippen molar-refractivity contribution in [3.63, 3.8) is 0 Å². The molecule has 0 amide bonds. The first-order valence-corrected chi connectivity index (χ1v) is 7.62. The van der Waals surface area contributed by atoms with Crippen molar-refractivity contribution in [2.24, 2.45) is 11.8 Å². The third kappa shape index (κ3) is 3.26. The predicted molar refractivity (Wildman–Crippen MR) is 82.5 cm³/mol. The van der Waals surface area contributed by atoms with Crippen LogP contribution in [0.25, 0.3) is 0 Å². The Labute approximate surface area is 122 Å². The SMILES string of the molecule is CCC1CCC(C(NC)c2cc(OC)cc(OC)c2)C1. The zero-order chi connectivity index (χ0) is 14.5. The number of hydrogen-bond donors (Lipinski definition) is 1. The van der Waals surface area contributed by atoms with Gasteiger partial charge in [-0.05, 0) is 49.4 Å². The Morgan fingerprint density at radius 1 is 1.15 bits per heavy atom. The Bertz CT molecular complexity index is 411. The highest BCUT2D eigenvalue weighted by molar-refractivity contribution is 5.40. The lowest BCUT2D eigenvalue weighted by molar-refractivity contribution is 0.363. The van der Waals surface area contributed by atoms with E-state index in [2.05, 4.69) is 31.4 Å². The smallest absolute Gasteiger partial charge is 0.122 e. The highest BCUT2D eigenvalue weighted by Gasteiger charge is 2.30. The second-order valence-corrected chi connectivity index (χ2v) is 5.76. The van der Waals surface area contributed by atoms with Crippen LogP contribution in [0.1, 0.15) is 44.2 Å². The molecule has 0 aromatic heterocycles. The molecule has 3 heteroatoms. The molecule has 1 N–H and O–H groups in total. The summed E-state index contributed by atoms with van der Waals surface area (Å²) in [4.78, 5) is 0. The first-order chi connectivity index (χ1) is 9.71. The van der Waals surface area contributed by atoms with Crippen LogP contribution >= 0.6 is 0 Å². The van der Waals surface area contributed by atoms with E-state index in [-0.39, 0.29) is 0 Å². The molecule has 20 heavy (non-hydrogen) atoms. The third-order valence-electron chi connectivity index (χ3n) is 4.67. The van der Waals surface area contributed by atoms with Gasteiger partial charge in [0.1, 0.15) is 11.5 Å². The number of hydrogen-bond acceptors (Lipinski definition) is 3. The van der Waals surface area contributed by atoms with E-state index >= 15 is 0 Å². The number of rotatable bonds is 6. The van der Waals surface area contributed by atoms with Gasteiger partial charge in [-0.3, -0.25) is 0 Å². The van der Waals surface area contributed by atoms with Crippen molar-refractivity contribution in [2.45, 2.75) is 38.6 Å². The predicted octanol–water partition coefficient (Wildman–Crippen LogP) is 3.79. The van der Waals surface area contributed by atoms with Gasteiger partial charge in [0, 0.05) is 12.1 Å². The second-order valence-electron chi connectivity index (χ2n) is 5.76. The van der Waals surface area contributed by atoms with Gasteiger partial charge in [0.15, 0.2) is 0 Å². The van der Waals surface area contributed by atoms with E-state index in [1.807, 2.05) is 6.07 Å². The lowest BCUT2D eigenvalue weighted by atomic mass is 9.90. The highest BCUT2D eigenvalue weighted by Crippen LogP contribution is 2.41. The first kappa shape index (κ1) is 15.2. The monoisotopic (exact) mass is 277 g/mol. The van der Waals surface area contributed by atoms with E-state index in [1.54, 1.807) is 14.2 Å².